The second kappa shape index (κ2) is 12.9. The maximum atomic E-state index is 5.32. The van der Waals surface area contributed by atoms with Gasteiger partial charge in [-0.2, -0.15) is 0 Å². The van der Waals surface area contributed by atoms with E-state index < -0.39 is 5.41 Å². The molecule has 3 aliphatic rings. The van der Waals surface area contributed by atoms with E-state index in [9.17, 15) is 0 Å². The number of nitrogens with one attached hydrogen (secondary N) is 1. The largest absolute Gasteiger partial charge is 0.344 e. The summed E-state index contributed by atoms with van der Waals surface area (Å²) in [6.45, 7) is 0. The molecule has 1 aliphatic carbocycles. The SMILES string of the molecule is c1ccc(C2=NC(c3ccc4c(c3)C3(c5ccccc5-4)c4ccccc4N(c4ccccc4)c4ccccc43)NC(c3ccc(-c4ccccc4)cc3)=N2)cc1. The van der Waals surface area contributed by atoms with Crippen LogP contribution >= 0.6 is 0 Å². The minimum absolute atomic E-state index is 0.368. The Morgan fingerprint density at radius 3 is 1.62 bits per heavy atom. The summed E-state index contributed by atoms with van der Waals surface area (Å²) in [7, 11) is 0. The molecule has 0 bridgehead atoms. The third-order valence-electron chi connectivity index (χ3n) is 11.5. The zero-order valence-corrected chi connectivity index (χ0v) is 30.5. The van der Waals surface area contributed by atoms with Crippen molar-refractivity contribution in [3.05, 3.63) is 245 Å². The van der Waals surface area contributed by atoms with Crippen LogP contribution in [0.2, 0.25) is 0 Å². The number of benzene rings is 8. The smallest absolute Gasteiger partial charge is 0.159 e. The molecule has 1 unspecified atom stereocenters. The Balaban J connectivity index is 1.09. The summed E-state index contributed by atoms with van der Waals surface area (Å²) in [5.74, 6) is 1.51. The van der Waals surface area contributed by atoms with Gasteiger partial charge in [0.1, 0.15) is 12.0 Å². The van der Waals surface area contributed by atoms with E-state index in [0.717, 1.165) is 28.2 Å². The summed E-state index contributed by atoms with van der Waals surface area (Å²) >= 11 is 0. The van der Waals surface area contributed by atoms with E-state index in [1.54, 1.807) is 0 Å². The molecular weight excluding hydrogens is 681 g/mol. The molecule has 8 aromatic rings. The van der Waals surface area contributed by atoms with Crippen molar-refractivity contribution in [3.63, 3.8) is 0 Å². The number of anilines is 3. The lowest BCUT2D eigenvalue weighted by molar-refractivity contribution is 0.669. The first-order valence-electron chi connectivity index (χ1n) is 19.2. The number of hydrogen-bond acceptors (Lipinski definition) is 4. The lowest BCUT2D eigenvalue weighted by Gasteiger charge is -2.45. The van der Waals surface area contributed by atoms with Crippen molar-refractivity contribution in [2.24, 2.45) is 9.98 Å². The number of amidine groups is 2. The van der Waals surface area contributed by atoms with Crippen LogP contribution in [0, 0.1) is 0 Å². The van der Waals surface area contributed by atoms with Crippen LogP contribution in [0.3, 0.4) is 0 Å². The maximum absolute atomic E-state index is 5.32. The Morgan fingerprint density at radius 1 is 0.429 bits per heavy atom. The van der Waals surface area contributed by atoms with Gasteiger partial charge in [0.25, 0.3) is 0 Å². The van der Waals surface area contributed by atoms with Gasteiger partial charge in [-0.1, -0.05) is 176 Å². The quantitative estimate of drug-likeness (QED) is 0.193. The Morgan fingerprint density at radius 2 is 0.946 bits per heavy atom. The molecule has 11 rings (SSSR count). The van der Waals surface area contributed by atoms with Crippen LogP contribution in [0.15, 0.2) is 216 Å². The van der Waals surface area contributed by atoms with E-state index in [2.05, 4.69) is 192 Å². The average Bonchev–Trinajstić information content (AvgIpc) is 3.57. The average molecular weight is 717 g/mol. The van der Waals surface area contributed by atoms with Crippen LogP contribution in [-0.4, -0.2) is 11.7 Å². The van der Waals surface area contributed by atoms with Crippen LogP contribution in [0.25, 0.3) is 22.3 Å². The molecule has 4 nitrogen and oxygen atoms in total. The number of fused-ring (bicyclic) bond motifs is 9. The third kappa shape index (κ3) is 4.93. The Hall–Kier alpha value is -7.30. The van der Waals surface area contributed by atoms with E-state index in [4.69, 9.17) is 9.98 Å². The number of hydrogen-bond donors (Lipinski definition) is 1. The highest BCUT2D eigenvalue weighted by Crippen LogP contribution is 2.63. The molecule has 1 N–H and O–H groups in total. The highest BCUT2D eigenvalue weighted by Gasteiger charge is 2.51. The molecule has 0 saturated carbocycles. The van der Waals surface area contributed by atoms with E-state index in [1.165, 1.54) is 55.9 Å². The molecule has 0 amide bonds. The van der Waals surface area contributed by atoms with Gasteiger partial charge in [-0.15, -0.1) is 0 Å². The van der Waals surface area contributed by atoms with Gasteiger partial charge in [0, 0.05) is 16.8 Å². The van der Waals surface area contributed by atoms with Crippen LogP contribution < -0.4 is 10.2 Å². The van der Waals surface area contributed by atoms with Crippen LogP contribution in [0.4, 0.5) is 17.1 Å². The molecule has 8 aromatic carbocycles. The zero-order chi connectivity index (χ0) is 37.1. The fourth-order valence-corrected chi connectivity index (χ4v) is 9.08. The lowest BCUT2D eigenvalue weighted by Crippen LogP contribution is -2.36. The second-order valence-electron chi connectivity index (χ2n) is 14.6. The predicted molar refractivity (Wildman–Crippen MR) is 229 cm³/mol. The molecule has 2 heterocycles. The molecule has 264 valence electrons. The van der Waals surface area contributed by atoms with Crippen LogP contribution in [0.5, 0.6) is 0 Å². The van der Waals surface area contributed by atoms with Gasteiger partial charge in [0.2, 0.25) is 0 Å². The van der Waals surface area contributed by atoms with Crippen molar-refractivity contribution >= 4 is 28.7 Å². The first-order chi connectivity index (χ1) is 27.8. The molecule has 2 aliphatic heterocycles. The monoisotopic (exact) mass is 716 g/mol. The normalized spacial score (nSPS) is 15.8. The predicted octanol–water partition coefficient (Wildman–Crippen LogP) is 12.0. The number of rotatable bonds is 5. The fraction of sp³-hybridized carbons (Fsp3) is 0.0385. The van der Waals surface area contributed by atoms with E-state index in [-0.39, 0.29) is 6.17 Å². The lowest BCUT2D eigenvalue weighted by atomic mass is 9.64. The van der Waals surface area contributed by atoms with Crippen LogP contribution in [0.1, 0.15) is 45.1 Å². The Labute approximate surface area is 326 Å². The highest BCUT2D eigenvalue weighted by molar-refractivity contribution is 6.13. The van der Waals surface area contributed by atoms with Gasteiger partial charge in [0.05, 0.1) is 16.8 Å². The summed E-state index contributed by atoms with van der Waals surface area (Å²) in [5, 5.41) is 3.77. The van der Waals surface area contributed by atoms with E-state index in [0.29, 0.717) is 5.84 Å². The van der Waals surface area contributed by atoms with Gasteiger partial charge in [-0.25, -0.2) is 9.98 Å². The highest BCUT2D eigenvalue weighted by atomic mass is 15.2. The molecule has 0 aromatic heterocycles. The molecule has 0 saturated heterocycles. The first kappa shape index (κ1) is 32.2. The van der Waals surface area contributed by atoms with Gasteiger partial charge in [0.15, 0.2) is 5.84 Å². The van der Waals surface area contributed by atoms with Crippen molar-refractivity contribution in [2.75, 3.05) is 4.90 Å². The number of nitrogens with zero attached hydrogens (tertiary/aromatic N) is 3. The fourth-order valence-electron chi connectivity index (χ4n) is 9.08. The maximum Gasteiger partial charge on any atom is 0.159 e. The Kier molecular flexibility index (Phi) is 7.42. The third-order valence-corrected chi connectivity index (χ3v) is 11.5. The zero-order valence-electron chi connectivity index (χ0n) is 30.5. The molecular formula is C52H36N4. The molecule has 1 atom stereocenters. The second-order valence-corrected chi connectivity index (χ2v) is 14.6. The van der Waals surface area contributed by atoms with Gasteiger partial charge in [-0.3, -0.25) is 0 Å². The van der Waals surface area contributed by atoms with Crippen molar-refractivity contribution in [1.82, 2.24) is 5.32 Å². The van der Waals surface area contributed by atoms with Crippen molar-refractivity contribution < 1.29 is 0 Å². The first-order valence-corrected chi connectivity index (χ1v) is 19.2. The van der Waals surface area contributed by atoms with E-state index >= 15 is 0 Å². The van der Waals surface area contributed by atoms with Gasteiger partial charge < -0.3 is 10.2 Å². The molecule has 1 spiro atoms. The summed E-state index contributed by atoms with van der Waals surface area (Å²) in [5.41, 5.74) is 16.0. The molecule has 0 fully saturated rings. The summed E-state index contributed by atoms with van der Waals surface area (Å²) in [4.78, 5) is 12.9. The van der Waals surface area contributed by atoms with Crippen molar-refractivity contribution in [1.29, 1.82) is 0 Å². The van der Waals surface area contributed by atoms with Crippen molar-refractivity contribution in [2.45, 2.75) is 11.6 Å². The summed E-state index contributed by atoms with van der Waals surface area (Å²) in [6, 6.07) is 74.0. The molecule has 0 radical (unpaired) electrons. The Bertz CT molecular complexity index is 2780. The van der Waals surface area contributed by atoms with E-state index in [1.807, 2.05) is 24.3 Å². The summed E-state index contributed by atoms with van der Waals surface area (Å²) < 4.78 is 0. The topological polar surface area (TPSA) is 40.0 Å². The minimum Gasteiger partial charge on any atom is -0.344 e. The summed E-state index contributed by atoms with van der Waals surface area (Å²) in [6.07, 6.45) is -0.368. The number of para-hydroxylation sites is 3. The standard InChI is InChI=1S/C52H36N4/c1-4-16-35(17-5-1)36-28-30-38(31-29-36)50-53-49(37-18-6-2-7-19-37)54-51(55-50)39-32-33-42-41-22-10-11-23-43(41)52(46(42)34-39)44-24-12-14-26-47(44)56(40-20-8-3-9-21-40)48-27-15-13-25-45(48)52/h1-34,51H,(H,53,54,55). The minimum atomic E-state index is -0.550. The van der Waals surface area contributed by atoms with Crippen LogP contribution in [-0.2, 0) is 5.41 Å². The van der Waals surface area contributed by atoms with Gasteiger partial charge >= 0.3 is 0 Å². The van der Waals surface area contributed by atoms with Crippen molar-refractivity contribution in [3.8, 4) is 22.3 Å². The molecule has 4 heteroatoms. The number of aliphatic imine (C=N–C) groups is 2. The molecule has 56 heavy (non-hydrogen) atoms. The van der Waals surface area contributed by atoms with Gasteiger partial charge in [-0.05, 0) is 80.4 Å².